The van der Waals surface area contributed by atoms with Gasteiger partial charge in [0.2, 0.25) is 11.8 Å². The van der Waals surface area contributed by atoms with E-state index in [0.29, 0.717) is 13.1 Å². The first-order chi connectivity index (χ1) is 10.6. The van der Waals surface area contributed by atoms with Crippen molar-refractivity contribution in [1.82, 2.24) is 9.97 Å². The van der Waals surface area contributed by atoms with Crippen molar-refractivity contribution in [2.24, 2.45) is 0 Å². The monoisotopic (exact) mass is 303 g/mol. The summed E-state index contributed by atoms with van der Waals surface area (Å²) in [7, 11) is 0. The molecule has 116 valence electrons. The molecule has 3 N–H and O–H groups in total. The van der Waals surface area contributed by atoms with Crippen molar-refractivity contribution in [1.29, 1.82) is 0 Å². The number of rotatable bonds is 7. The van der Waals surface area contributed by atoms with Gasteiger partial charge in [0.25, 0.3) is 0 Å². The second kappa shape index (κ2) is 7.32. The van der Waals surface area contributed by atoms with Gasteiger partial charge in [-0.05, 0) is 12.0 Å². The summed E-state index contributed by atoms with van der Waals surface area (Å²) < 4.78 is 0. The minimum atomic E-state index is -0.626. The highest BCUT2D eigenvalue weighted by molar-refractivity contribution is 5.53. The molecular weight excluding hydrogens is 286 g/mol. The molecule has 2 aromatic rings. The summed E-state index contributed by atoms with van der Waals surface area (Å²) in [5, 5.41) is 19.9. The number of anilines is 2. The van der Waals surface area contributed by atoms with E-state index in [-0.39, 0.29) is 24.1 Å². The molecule has 1 aromatic carbocycles. The van der Waals surface area contributed by atoms with E-state index in [1.807, 2.05) is 30.3 Å². The Balaban J connectivity index is 2.13. The predicted molar refractivity (Wildman–Crippen MR) is 82.5 cm³/mol. The fourth-order valence-electron chi connectivity index (χ4n) is 2.01. The van der Waals surface area contributed by atoms with Gasteiger partial charge < -0.3 is 15.7 Å². The molecule has 8 heteroatoms. The number of hydrogen-bond acceptors (Lipinski definition) is 7. The first kappa shape index (κ1) is 15.6. The highest BCUT2D eigenvalue weighted by Crippen LogP contribution is 2.20. The Bertz CT molecular complexity index is 636. The summed E-state index contributed by atoms with van der Waals surface area (Å²) in [5.41, 5.74) is 6.40. The first-order valence-corrected chi connectivity index (χ1v) is 6.78. The first-order valence-electron chi connectivity index (χ1n) is 6.78. The topological polar surface area (TPSA) is 118 Å². The van der Waals surface area contributed by atoms with Crippen molar-refractivity contribution >= 4 is 17.5 Å². The normalized spacial score (nSPS) is 10.4. The highest BCUT2D eigenvalue weighted by atomic mass is 16.6. The fourth-order valence-corrected chi connectivity index (χ4v) is 2.01. The van der Waals surface area contributed by atoms with Gasteiger partial charge in [0.05, 0.1) is 11.5 Å². The second-order valence-corrected chi connectivity index (χ2v) is 4.64. The molecule has 0 atom stereocenters. The molecule has 0 unspecified atom stereocenters. The van der Waals surface area contributed by atoms with Gasteiger partial charge >= 0.3 is 5.69 Å². The Morgan fingerprint density at radius 2 is 2.00 bits per heavy atom. The number of nitrogen functional groups attached to an aromatic ring is 1. The maximum atomic E-state index is 10.7. The van der Waals surface area contributed by atoms with E-state index in [9.17, 15) is 15.2 Å². The third-order valence-corrected chi connectivity index (χ3v) is 3.15. The van der Waals surface area contributed by atoms with E-state index in [1.165, 1.54) is 0 Å². The number of nitro groups is 1. The molecular formula is C14H17N5O3. The van der Waals surface area contributed by atoms with Crippen LogP contribution in [0.15, 0.2) is 36.5 Å². The predicted octanol–water partition coefficient (Wildman–Crippen LogP) is 1.01. The van der Waals surface area contributed by atoms with Crippen LogP contribution in [0.25, 0.3) is 0 Å². The molecule has 22 heavy (non-hydrogen) atoms. The zero-order valence-corrected chi connectivity index (χ0v) is 11.9. The summed E-state index contributed by atoms with van der Waals surface area (Å²) in [6.45, 7) is 0.820. The quantitative estimate of drug-likeness (QED) is 0.578. The smallest absolute Gasteiger partial charge is 0.329 e. The number of nitrogens with zero attached hydrogens (tertiary/aromatic N) is 4. The fraction of sp³-hybridized carbons (Fsp3) is 0.286. The summed E-state index contributed by atoms with van der Waals surface area (Å²) in [5.74, 6) is 0.0886. The maximum Gasteiger partial charge on any atom is 0.329 e. The molecule has 2 rings (SSSR count). The summed E-state index contributed by atoms with van der Waals surface area (Å²) in [6.07, 6.45) is 1.83. The minimum Gasteiger partial charge on any atom is -0.395 e. The lowest BCUT2D eigenvalue weighted by Gasteiger charge is -2.21. The molecule has 0 fully saturated rings. The Morgan fingerprint density at radius 3 is 2.59 bits per heavy atom. The van der Waals surface area contributed by atoms with Crippen molar-refractivity contribution in [2.75, 3.05) is 30.3 Å². The molecule has 0 radical (unpaired) electrons. The molecule has 0 saturated carbocycles. The third kappa shape index (κ3) is 3.89. The Kier molecular flexibility index (Phi) is 5.21. The average molecular weight is 303 g/mol. The Labute approximate surface area is 127 Å². The number of aliphatic hydroxyl groups is 1. The third-order valence-electron chi connectivity index (χ3n) is 3.15. The van der Waals surface area contributed by atoms with E-state index in [1.54, 1.807) is 4.90 Å². The zero-order chi connectivity index (χ0) is 15.9. The number of aromatic nitrogens is 2. The van der Waals surface area contributed by atoms with Crippen LogP contribution in [0, 0.1) is 10.1 Å². The van der Waals surface area contributed by atoms with Gasteiger partial charge in [-0.1, -0.05) is 30.3 Å². The van der Waals surface area contributed by atoms with Gasteiger partial charge in [0.15, 0.2) is 0 Å². The highest BCUT2D eigenvalue weighted by Gasteiger charge is 2.17. The lowest BCUT2D eigenvalue weighted by atomic mass is 10.1. The van der Waals surface area contributed by atoms with Crippen LogP contribution in [0.1, 0.15) is 5.56 Å². The number of benzene rings is 1. The van der Waals surface area contributed by atoms with E-state index in [4.69, 9.17) is 5.73 Å². The molecule has 8 nitrogen and oxygen atoms in total. The van der Waals surface area contributed by atoms with E-state index < -0.39 is 4.92 Å². The van der Waals surface area contributed by atoms with Crippen LogP contribution in [-0.2, 0) is 6.42 Å². The Hall–Kier alpha value is -2.74. The standard InChI is InChI=1S/C14H17N5O3/c15-13-12(19(21)22)10-16-14(17-13)18(8-9-20)7-6-11-4-2-1-3-5-11/h1-5,10,20H,6-9H2,(H2,15,16,17). The average Bonchev–Trinajstić information content (AvgIpc) is 2.52. The zero-order valence-electron chi connectivity index (χ0n) is 11.9. The van der Waals surface area contributed by atoms with E-state index in [0.717, 1.165) is 18.2 Å². The number of nitrogens with two attached hydrogens (primary N) is 1. The number of aliphatic hydroxyl groups excluding tert-OH is 1. The minimum absolute atomic E-state index is 0.0744. The lowest BCUT2D eigenvalue weighted by molar-refractivity contribution is -0.384. The van der Waals surface area contributed by atoms with Crippen molar-refractivity contribution in [3.8, 4) is 0 Å². The molecule has 1 aromatic heterocycles. The van der Waals surface area contributed by atoms with E-state index in [2.05, 4.69) is 9.97 Å². The molecule has 0 bridgehead atoms. The summed E-state index contributed by atoms with van der Waals surface area (Å²) in [6, 6.07) is 9.84. The SMILES string of the molecule is Nc1nc(N(CCO)CCc2ccccc2)ncc1[N+](=O)[O-]. The molecule has 0 aliphatic heterocycles. The van der Waals surface area contributed by atoms with Crippen LogP contribution in [0.3, 0.4) is 0 Å². The van der Waals surface area contributed by atoms with Gasteiger partial charge in [0.1, 0.15) is 6.20 Å². The van der Waals surface area contributed by atoms with Crippen molar-refractivity contribution in [3.63, 3.8) is 0 Å². The van der Waals surface area contributed by atoms with Gasteiger partial charge in [-0.25, -0.2) is 4.98 Å². The maximum absolute atomic E-state index is 10.7. The molecule has 0 amide bonds. The van der Waals surface area contributed by atoms with Gasteiger partial charge in [-0.3, -0.25) is 10.1 Å². The van der Waals surface area contributed by atoms with Crippen LogP contribution in [0.2, 0.25) is 0 Å². The van der Waals surface area contributed by atoms with Gasteiger partial charge in [-0.15, -0.1) is 0 Å². The molecule has 0 aliphatic carbocycles. The van der Waals surface area contributed by atoms with Crippen LogP contribution in [0.5, 0.6) is 0 Å². The van der Waals surface area contributed by atoms with Crippen molar-refractivity contribution < 1.29 is 10.0 Å². The molecule has 0 spiro atoms. The Morgan fingerprint density at radius 1 is 1.27 bits per heavy atom. The van der Waals surface area contributed by atoms with Gasteiger partial charge in [-0.2, -0.15) is 4.98 Å². The lowest BCUT2D eigenvalue weighted by Crippen LogP contribution is -2.30. The molecule has 0 saturated heterocycles. The largest absolute Gasteiger partial charge is 0.395 e. The van der Waals surface area contributed by atoms with Crippen LogP contribution in [-0.4, -0.2) is 39.7 Å². The second-order valence-electron chi connectivity index (χ2n) is 4.64. The van der Waals surface area contributed by atoms with Crippen LogP contribution in [0.4, 0.5) is 17.5 Å². The number of hydrogen-bond donors (Lipinski definition) is 2. The summed E-state index contributed by atoms with van der Waals surface area (Å²) in [4.78, 5) is 19.8. The molecule has 1 heterocycles. The van der Waals surface area contributed by atoms with Crippen LogP contribution >= 0.6 is 0 Å². The van der Waals surface area contributed by atoms with Crippen molar-refractivity contribution in [2.45, 2.75) is 6.42 Å². The van der Waals surface area contributed by atoms with Crippen molar-refractivity contribution in [3.05, 3.63) is 52.2 Å². The summed E-state index contributed by atoms with van der Waals surface area (Å²) >= 11 is 0. The van der Waals surface area contributed by atoms with E-state index >= 15 is 0 Å². The van der Waals surface area contributed by atoms with Crippen LogP contribution < -0.4 is 10.6 Å². The molecule has 0 aliphatic rings. The van der Waals surface area contributed by atoms with Gasteiger partial charge in [0, 0.05) is 13.1 Å².